The molecule has 3 aromatic rings. The summed E-state index contributed by atoms with van der Waals surface area (Å²) >= 11 is 5.93. The number of carbonyl (C=O) groups is 1. The number of carbonyl (C=O) groups excluding carboxylic acids is 1. The van der Waals surface area contributed by atoms with Crippen molar-refractivity contribution in [2.75, 3.05) is 31.1 Å². The number of hydrogen-bond acceptors (Lipinski definition) is 6. The lowest BCUT2D eigenvalue weighted by atomic mass is 10.1. The molecule has 1 atom stereocenters. The smallest absolute Gasteiger partial charge is 0.239 e. The second-order valence-electron chi connectivity index (χ2n) is 8.05. The highest BCUT2D eigenvalue weighted by atomic mass is 35.5. The minimum Gasteiger partial charge on any atom is -0.352 e. The Kier molecular flexibility index (Phi) is 7.82. The maximum absolute atomic E-state index is 12.9. The molecule has 3 N–H and O–H groups in total. The topological polar surface area (TPSA) is 104 Å². The molecule has 3 heterocycles. The molecule has 1 saturated heterocycles. The van der Waals surface area contributed by atoms with E-state index in [1.807, 2.05) is 29.2 Å². The van der Waals surface area contributed by atoms with Crippen molar-refractivity contribution in [2.24, 2.45) is 5.73 Å². The van der Waals surface area contributed by atoms with Crippen molar-refractivity contribution in [3.05, 3.63) is 46.9 Å². The number of H-pyrrole nitrogens is 1. The largest absolute Gasteiger partial charge is 0.352 e. The van der Waals surface area contributed by atoms with Crippen LogP contribution in [0.15, 0.2) is 30.6 Å². The van der Waals surface area contributed by atoms with Crippen LogP contribution in [0.3, 0.4) is 0 Å². The van der Waals surface area contributed by atoms with Gasteiger partial charge in [0.1, 0.15) is 12.1 Å². The van der Waals surface area contributed by atoms with Crippen molar-refractivity contribution in [3.63, 3.8) is 0 Å². The van der Waals surface area contributed by atoms with Crippen LogP contribution in [0.4, 0.5) is 5.82 Å². The molecular formula is C21H26Cl3N7O. The van der Waals surface area contributed by atoms with Gasteiger partial charge in [0.2, 0.25) is 5.91 Å². The van der Waals surface area contributed by atoms with E-state index in [9.17, 15) is 4.79 Å². The van der Waals surface area contributed by atoms with Crippen LogP contribution in [0.25, 0.3) is 11.0 Å². The van der Waals surface area contributed by atoms with Gasteiger partial charge >= 0.3 is 0 Å². The van der Waals surface area contributed by atoms with Gasteiger partial charge < -0.3 is 15.5 Å². The molecule has 32 heavy (non-hydrogen) atoms. The highest BCUT2D eigenvalue weighted by molar-refractivity contribution is 6.30. The number of hydrogen-bond donors (Lipinski definition) is 2. The van der Waals surface area contributed by atoms with E-state index in [-0.39, 0.29) is 30.7 Å². The Bertz CT molecular complexity index is 1060. The number of fused-ring (bicyclic) bond motifs is 1. The van der Waals surface area contributed by atoms with E-state index in [0.29, 0.717) is 43.5 Å². The summed E-state index contributed by atoms with van der Waals surface area (Å²) < 4.78 is 0. The molecule has 2 aliphatic rings. The number of nitrogens with two attached hydrogens (primary N) is 1. The number of rotatable bonds is 5. The van der Waals surface area contributed by atoms with Gasteiger partial charge in [-0.3, -0.25) is 9.89 Å². The maximum atomic E-state index is 12.9. The van der Waals surface area contributed by atoms with Crippen LogP contribution in [0.2, 0.25) is 5.02 Å². The minimum atomic E-state index is -0.557. The van der Waals surface area contributed by atoms with Crippen molar-refractivity contribution in [1.82, 2.24) is 25.1 Å². The van der Waals surface area contributed by atoms with E-state index in [1.54, 1.807) is 6.33 Å². The molecule has 1 aliphatic carbocycles. The Morgan fingerprint density at radius 3 is 2.47 bits per heavy atom. The second kappa shape index (κ2) is 10.2. The lowest BCUT2D eigenvalue weighted by Gasteiger charge is -2.36. The molecule has 2 aromatic heterocycles. The molecular weight excluding hydrogens is 473 g/mol. The van der Waals surface area contributed by atoms with Gasteiger partial charge in [0.25, 0.3) is 0 Å². The fourth-order valence-corrected chi connectivity index (χ4v) is 4.22. The van der Waals surface area contributed by atoms with Gasteiger partial charge in [-0.1, -0.05) is 23.7 Å². The average Bonchev–Trinajstić information content (AvgIpc) is 3.53. The average molecular weight is 499 g/mol. The zero-order valence-corrected chi connectivity index (χ0v) is 19.8. The number of anilines is 1. The Labute approximate surface area is 203 Å². The van der Waals surface area contributed by atoms with Crippen molar-refractivity contribution < 1.29 is 4.79 Å². The predicted octanol–water partition coefficient (Wildman–Crippen LogP) is 2.95. The number of piperazine rings is 1. The van der Waals surface area contributed by atoms with Crippen LogP contribution >= 0.6 is 36.4 Å². The van der Waals surface area contributed by atoms with Gasteiger partial charge in [-0.2, -0.15) is 5.10 Å². The quantitative estimate of drug-likeness (QED) is 0.560. The summed E-state index contributed by atoms with van der Waals surface area (Å²) in [6.45, 7) is 2.66. The third-order valence-electron chi connectivity index (χ3n) is 5.91. The summed E-state index contributed by atoms with van der Waals surface area (Å²) in [7, 11) is 0. The van der Waals surface area contributed by atoms with Crippen molar-refractivity contribution in [2.45, 2.75) is 31.2 Å². The van der Waals surface area contributed by atoms with Crippen molar-refractivity contribution in [1.29, 1.82) is 0 Å². The molecule has 1 amide bonds. The number of amides is 1. The van der Waals surface area contributed by atoms with E-state index >= 15 is 0 Å². The molecule has 1 aliphatic heterocycles. The summed E-state index contributed by atoms with van der Waals surface area (Å²) in [5, 5.41) is 9.23. The van der Waals surface area contributed by atoms with Gasteiger partial charge in [-0.15, -0.1) is 24.8 Å². The van der Waals surface area contributed by atoms with Crippen LogP contribution in [0.5, 0.6) is 0 Å². The number of aromatic nitrogens is 4. The summed E-state index contributed by atoms with van der Waals surface area (Å²) in [5.41, 5.74) is 9.08. The zero-order valence-electron chi connectivity index (χ0n) is 17.4. The Balaban J connectivity index is 0.00000144. The first-order valence-corrected chi connectivity index (χ1v) is 10.7. The van der Waals surface area contributed by atoms with E-state index < -0.39 is 6.04 Å². The molecule has 5 rings (SSSR count). The molecule has 11 heteroatoms. The SMILES string of the molecule is Cl.Cl.N[C@H](Cc1ccc(Cl)cc1)C(=O)N1CCN(c2ncnc3[nH]nc(C4CC4)c23)CC1. The van der Waals surface area contributed by atoms with Gasteiger partial charge in [0.15, 0.2) is 5.65 Å². The summed E-state index contributed by atoms with van der Waals surface area (Å²) in [6, 6.07) is 6.91. The first-order valence-electron chi connectivity index (χ1n) is 10.3. The van der Waals surface area contributed by atoms with Gasteiger partial charge in [0.05, 0.1) is 17.1 Å². The Morgan fingerprint density at radius 1 is 1.12 bits per heavy atom. The first-order chi connectivity index (χ1) is 14.6. The molecule has 1 saturated carbocycles. The zero-order chi connectivity index (χ0) is 20.7. The van der Waals surface area contributed by atoms with Crippen LogP contribution in [0.1, 0.15) is 30.0 Å². The highest BCUT2D eigenvalue weighted by Crippen LogP contribution is 2.43. The number of benzene rings is 1. The normalized spacial score (nSPS) is 16.9. The highest BCUT2D eigenvalue weighted by Gasteiger charge is 2.32. The molecule has 1 aromatic carbocycles. The fraction of sp³-hybridized carbons (Fsp3) is 0.429. The Hall–Kier alpha value is -2.13. The van der Waals surface area contributed by atoms with Gasteiger partial charge in [-0.25, -0.2) is 9.97 Å². The molecule has 0 unspecified atom stereocenters. The maximum Gasteiger partial charge on any atom is 0.239 e. The lowest BCUT2D eigenvalue weighted by Crippen LogP contribution is -2.53. The van der Waals surface area contributed by atoms with E-state index in [4.69, 9.17) is 17.3 Å². The molecule has 0 bridgehead atoms. The summed E-state index contributed by atoms with van der Waals surface area (Å²) in [4.78, 5) is 25.8. The van der Waals surface area contributed by atoms with E-state index in [0.717, 1.165) is 28.1 Å². The van der Waals surface area contributed by atoms with E-state index in [2.05, 4.69) is 25.1 Å². The molecule has 0 spiro atoms. The number of aromatic amines is 1. The molecule has 172 valence electrons. The van der Waals surface area contributed by atoms with E-state index in [1.165, 1.54) is 12.8 Å². The third kappa shape index (κ3) is 4.93. The van der Waals surface area contributed by atoms with Crippen molar-refractivity contribution in [3.8, 4) is 0 Å². The molecule has 0 radical (unpaired) electrons. The first kappa shape index (κ1) is 24.5. The standard InChI is InChI=1S/C21H24ClN7O.2ClH/c22-15-5-1-13(2-6-15)11-16(23)21(30)29-9-7-28(8-10-29)20-17-18(14-3-4-14)26-27-19(17)24-12-25-20;;/h1-2,5-6,12,14,16H,3-4,7-11,23H2,(H,24,25,26,27);2*1H/t16-;;/m1../s1. The predicted molar refractivity (Wildman–Crippen MR) is 130 cm³/mol. The summed E-state index contributed by atoms with van der Waals surface area (Å²) in [5.74, 6) is 1.41. The Morgan fingerprint density at radius 2 is 1.81 bits per heavy atom. The van der Waals surface area contributed by atoms with Crippen LogP contribution in [-0.2, 0) is 11.2 Å². The fourth-order valence-electron chi connectivity index (χ4n) is 4.09. The summed E-state index contributed by atoms with van der Waals surface area (Å²) in [6.07, 6.45) is 4.42. The third-order valence-corrected chi connectivity index (χ3v) is 6.16. The van der Waals surface area contributed by atoms with Crippen LogP contribution in [-0.4, -0.2) is 63.2 Å². The minimum absolute atomic E-state index is 0. The molecule has 8 nitrogen and oxygen atoms in total. The lowest BCUT2D eigenvalue weighted by molar-refractivity contribution is -0.132. The van der Waals surface area contributed by atoms with Gasteiger partial charge in [0, 0.05) is 37.1 Å². The van der Waals surface area contributed by atoms with Crippen LogP contribution in [0, 0.1) is 0 Å². The number of halogens is 3. The number of nitrogens with one attached hydrogen (secondary N) is 1. The number of nitrogens with zero attached hydrogens (tertiary/aromatic N) is 5. The van der Waals surface area contributed by atoms with Crippen LogP contribution < -0.4 is 10.6 Å². The monoisotopic (exact) mass is 497 g/mol. The molecule has 2 fully saturated rings. The van der Waals surface area contributed by atoms with Gasteiger partial charge in [-0.05, 0) is 37.0 Å². The second-order valence-corrected chi connectivity index (χ2v) is 8.49. The van der Waals surface area contributed by atoms with Crippen molar-refractivity contribution >= 4 is 59.2 Å².